The van der Waals surface area contributed by atoms with Crippen molar-refractivity contribution in [1.82, 2.24) is 14.4 Å². The van der Waals surface area contributed by atoms with Crippen molar-refractivity contribution in [3.8, 4) is 11.4 Å². The van der Waals surface area contributed by atoms with E-state index in [1.165, 1.54) is 4.31 Å². The van der Waals surface area contributed by atoms with Crippen molar-refractivity contribution < 1.29 is 17.7 Å². The number of anilines is 1. The second-order valence-corrected chi connectivity index (χ2v) is 10.1. The monoisotopic (exact) mass is 474 g/mol. The summed E-state index contributed by atoms with van der Waals surface area (Å²) in [5, 5.41) is 7.31. The van der Waals surface area contributed by atoms with Gasteiger partial charge >= 0.3 is 0 Å². The Morgan fingerprint density at radius 2 is 1.91 bits per heavy atom. The van der Waals surface area contributed by atoms with Gasteiger partial charge in [-0.3, -0.25) is 4.79 Å². The molecule has 4 rings (SSSR count). The highest BCUT2D eigenvalue weighted by Gasteiger charge is 2.32. The van der Waals surface area contributed by atoms with Gasteiger partial charge in [0.25, 0.3) is 0 Å². The fraction of sp³-hybridized carbons (Fsp3) is 0.318. The minimum atomic E-state index is -3.71. The number of carbonyl (C=O) groups excluding carboxylic acids is 1. The number of aryl methyl sites for hydroxylation is 2. The number of nitrogens with one attached hydrogen (secondary N) is 1. The number of benzene rings is 2. The Hall–Kier alpha value is -2.75. The molecule has 1 aromatic heterocycles. The van der Waals surface area contributed by atoms with Gasteiger partial charge in [-0.05, 0) is 49.6 Å². The van der Waals surface area contributed by atoms with E-state index in [-0.39, 0.29) is 29.8 Å². The molecular formula is C22H23ClN4O4S. The van der Waals surface area contributed by atoms with E-state index in [4.69, 9.17) is 16.1 Å². The molecule has 1 amide bonds. The highest BCUT2D eigenvalue weighted by Crippen LogP contribution is 2.28. The van der Waals surface area contributed by atoms with Crippen molar-refractivity contribution in [3.05, 3.63) is 58.9 Å². The number of hydrogen-bond donors (Lipinski definition) is 1. The second-order valence-electron chi connectivity index (χ2n) is 7.80. The smallest absolute Gasteiger partial charge is 0.243 e. The maximum atomic E-state index is 13.2. The van der Waals surface area contributed by atoms with Gasteiger partial charge in [0.05, 0.1) is 4.90 Å². The zero-order valence-electron chi connectivity index (χ0n) is 17.7. The summed E-state index contributed by atoms with van der Waals surface area (Å²) in [6.07, 6.45) is 0.878. The van der Waals surface area contributed by atoms with Crippen molar-refractivity contribution in [2.24, 2.45) is 5.92 Å². The van der Waals surface area contributed by atoms with Crippen LogP contribution in [-0.2, 0) is 14.8 Å². The van der Waals surface area contributed by atoms with E-state index in [1.807, 2.05) is 13.0 Å². The SMILES string of the molecule is Cc1nc(-c2cccc(S(=O)(=O)N3CCC(C(=O)Nc4ccc(C)c(Cl)c4)CC3)c2)no1. The predicted octanol–water partition coefficient (Wildman–Crippen LogP) is 4.05. The molecule has 0 saturated carbocycles. The van der Waals surface area contributed by atoms with Crippen LogP contribution in [0.5, 0.6) is 0 Å². The summed E-state index contributed by atoms with van der Waals surface area (Å²) >= 11 is 6.12. The van der Waals surface area contributed by atoms with Gasteiger partial charge in [0.15, 0.2) is 0 Å². The highest BCUT2D eigenvalue weighted by molar-refractivity contribution is 7.89. The van der Waals surface area contributed by atoms with E-state index in [2.05, 4.69) is 15.5 Å². The van der Waals surface area contributed by atoms with E-state index in [0.29, 0.717) is 40.8 Å². The largest absolute Gasteiger partial charge is 0.339 e. The number of amides is 1. The molecule has 1 fully saturated rings. The first-order chi connectivity index (χ1) is 15.2. The number of aromatic nitrogens is 2. The fourth-order valence-corrected chi connectivity index (χ4v) is 5.33. The summed E-state index contributed by atoms with van der Waals surface area (Å²) in [7, 11) is -3.71. The molecular weight excluding hydrogens is 452 g/mol. The topological polar surface area (TPSA) is 105 Å². The summed E-state index contributed by atoms with van der Waals surface area (Å²) < 4.78 is 32.7. The van der Waals surface area contributed by atoms with Crippen molar-refractivity contribution in [1.29, 1.82) is 0 Å². The van der Waals surface area contributed by atoms with Crippen molar-refractivity contribution in [3.63, 3.8) is 0 Å². The van der Waals surface area contributed by atoms with Crippen molar-refractivity contribution in [2.75, 3.05) is 18.4 Å². The average molecular weight is 475 g/mol. The van der Waals surface area contributed by atoms with Crippen LogP contribution in [0.1, 0.15) is 24.3 Å². The fourth-order valence-electron chi connectivity index (χ4n) is 3.63. The van der Waals surface area contributed by atoms with Gasteiger partial charge in [-0.15, -0.1) is 0 Å². The zero-order chi connectivity index (χ0) is 22.9. The van der Waals surface area contributed by atoms with E-state index >= 15 is 0 Å². The van der Waals surface area contributed by atoms with Crippen LogP contribution < -0.4 is 5.32 Å². The van der Waals surface area contributed by atoms with Crippen LogP contribution in [0.3, 0.4) is 0 Å². The number of rotatable bonds is 5. The third-order valence-electron chi connectivity index (χ3n) is 5.52. The minimum absolute atomic E-state index is 0.128. The lowest BCUT2D eigenvalue weighted by Crippen LogP contribution is -2.41. The van der Waals surface area contributed by atoms with Crippen molar-refractivity contribution in [2.45, 2.75) is 31.6 Å². The Morgan fingerprint density at radius 1 is 1.16 bits per heavy atom. The Kier molecular flexibility index (Phi) is 6.32. The van der Waals surface area contributed by atoms with E-state index in [9.17, 15) is 13.2 Å². The molecule has 1 N–H and O–H groups in total. The van der Waals surface area contributed by atoms with Gasteiger partial charge in [-0.25, -0.2) is 8.42 Å². The second kappa shape index (κ2) is 9.01. The molecule has 2 heterocycles. The molecule has 3 aromatic rings. The van der Waals surface area contributed by atoms with Gasteiger partial charge < -0.3 is 9.84 Å². The van der Waals surface area contributed by atoms with Gasteiger partial charge in [0.1, 0.15) is 0 Å². The third kappa shape index (κ3) is 4.69. The maximum absolute atomic E-state index is 13.2. The number of piperidine rings is 1. The molecule has 2 aromatic carbocycles. The van der Waals surface area contributed by atoms with Crippen LogP contribution in [0.25, 0.3) is 11.4 Å². The molecule has 0 unspecified atom stereocenters. The Balaban J connectivity index is 1.42. The number of carbonyl (C=O) groups is 1. The van der Waals surface area contributed by atoms with Crippen molar-refractivity contribution >= 4 is 33.2 Å². The van der Waals surface area contributed by atoms with Gasteiger partial charge in [0.2, 0.25) is 27.6 Å². The van der Waals surface area contributed by atoms with Gasteiger partial charge in [-0.1, -0.05) is 35.0 Å². The summed E-state index contributed by atoms with van der Waals surface area (Å²) in [4.78, 5) is 17.0. The first kappa shape index (κ1) is 22.4. The van der Waals surface area contributed by atoms with E-state index in [1.54, 1.807) is 43.3 Å². The number of halogens is 1. The lowest BCUT2D eigenvalue weighted by Gasteiger charge is -2.30. The third-order valence-corrected chi connectivity index (χ3v) is 7.82. The Morgan fingerprint density at radius 3 is 2.56 bits per heavy atom. The molecule has 8 nitrogen and oxygen atoms in total. The maximum Gasteiger partial charge on any atom is 0.243 e. The molecule has 32 heavy (non-hydrogen) atoms. The first-order valence-corrected chi connectivity index (χ1v) is 12.0. The van der Waals surface area contributed by atoms with Crippen LogP contribution in [0.4, 0.5) is 5.69 Å². The highest BCUT2D eigenvalue weighted by atomic mass is 35.5. The Labute approximate surface area is 191 Å². The number of sulfonamides is 1. The molecule has 1 aliphatic rings. The lowest BCUT2D eigenvalue weighted by atomic mass is 9.97. The lowest BCUT2D eigenvalue weighted by molar-refractivity contribution is -0.120. The average Bonchev–Trinajstić information content (AvgIpc) is 3.23. The quantitative estimate of drug-likeness (QED) is 0.598. The van der Waals surface area contributed by atoms with Crippen LogP contribution in [0.15, 0.2) is 51.9 Å². The van der Waals surface area contributed by atoms with E-state index in [0.717, 1.165) is 5.56 Å². The van der Waals surface area contributed by atoms with Gasteiger partial charge in [0, 0.05) is 42.2 Å². The normalized spacial score (nSPS) is 15.6. The summed E-state index contributed by atoms with van der Waals surface area (Å²) in [6.45, 7) is 4.09. The predicted molar refractivity (Wildman–Crippen MR) is 121 cm³/mol. The molecule has 1 saturated heterocycles. The van der Waals surface area contributed by atoms with Crippen LogP contribution in [0, 0.1) is 19.8 Å². The molecule has 0 atom stereocenters. The summed E-state index contributed by atoms with van der Waals surface area (Å²) in [5.74, 6) is 0.347. The zero-order valence-corrected chi connectivity index (χ0v) is 19.3. The standard InChI is InChI=1S/C22H23ClN4O4S/c1-14-6-7-18(13-20(14)23)25-22(28)16-8-10-27(11-9-16)32(29,30)19-5-3-4-17(12-19)21-24-15(2)31-26-21/h3-7,12-13,16H,8-11H2,1-2H3,(H,25,28). The Bertz CT molecular complexity index is 1250. The number of nitrogens with zero attached hydrogens (tertiary/aromatic N) is 3. The molecule has 0 spiro atoms. The minimum Gasteiger partial charge on any atom is -0.339 e. The molecule has 10 heteroatoms. The summed E-state index contributed by atoms with van der Waals surface area (Å²) in [6, 6.07) is 11.8. The molecule has 0 radical (unpaired) electrons. The van der Waals surface area contributed by atoms with Crippen LogP contribution in [0.2, 0.25) is 5.02 Å². The van der Waals surface area contributed by atoms with Crippen LogP contribution >= 0.6 is 11.6 Å². The van der Waals surface area contributed by atoms with E-state index < -0.39 is 10.0 Å². The molecule has 168 valence electrons. The molecule has 0 aliphatic carbocycles. The number of hydrogen-bond acceptors (Lipinski definition) is 6. The van der Waals surface area contributed by atoms with Gasteiger partial charge in [-0.2, -0.15) is 9.29 Å². The molecule has 0 bridgehead atoms. The summed E-state index contributed by atoms with van der Waals surface area (Å²) in [5.41, 5.74) is 2.13. The first-order valence-electron chi connectivity index (χ1n) is 10.2. The molecule has 1 aliphatic heterocycles. The van der Waals surface area contributed by atoms with Crippen LogP contribution in [-0.4, -0.2) is 41.9 Å².